The lowest BCUT2D eigenvalue weighted by atomic mass is 9.99. The molecule has 0 aromatic heterocycles. The molecule has 7 heteroatoms. The number of nitrogens with zero attached hydrogens (tertiary/aromatic N) is 3. The molecular weight excluding hydrogens is 414 g/mol. The summed E-state index contributed by atoms with van der Waals surface area (Å²) < 4.78 is 11.5. The van der Waals surface area contributed by atoms with Crippen LogP contribution < -0.4 is 14.4 Å². The van der Waals surface area contributed by atoms with Gasteiger partial charge in [-0.2, -0.15) is 5.26 Å². The number of fused-ring (bicyclic) bond motifs is 1. The molecule has 0 N–H and O–H groups in total. The summed E-state index contributed by atoms with van der Waals surface area (Å²) >= 11 is 0. The minimum atomic E-state index is -0.152. The second kappa shape index (κ2) is 10.0. The van der Waals surface area contributed by atoms with E-state index in [1.807, 2.05) is 30.3 Å². The van der Waals surface area contributed by atoms with Crippen molar-refractivity contribution in [2.45, 2.75) is 26.3 Å². The fourth-order valence-electron chi connectivity index (χ4n) is 4.18. The van der Waals surface area contributed by atoms with E-state index in [1.54, 1.807) is 18.1 Å². The van der Waals surface area contributed by atoms with Crippen molar-refractivity contribution in [2.75, 3.05) is 38.3 Å². The summed E-state index contributed by atoms with van der Waals surface area (Å²) in [6.07, 6.45) is 2.47. The number of ether oxygens (including phenoxy) is 2. The van der Waals surface area contributed by atoms with Gasteiger partial charge >= 0.3 is 0 Å². The number of hydrogen-bond acceptors (Lipinski definition) is 5. The maximum atomic E-state index is 13.0. The molecule has 0 bridgehead atoms. The number of carbonyl (C=O) groups excluding carboxylic acids is 1. The van der Waals surface area contributed by atoms with Crippen molar-refractivity contribution in [2.24, 2.45) is 5.92 Å². The van der Waals surface area contributed by atoms with Gasteiger partial charge in [-0.25, -0.2) is 0 Å². The van der Waals surface area contributed by atoms with Crippen LogP contribution in [0.15, 0.2) is 36.4 Å². The molecule has 6 nitrogen and oxygen atoms in total. The number of likely N-dealkylation sites (tertiary alicyclic amines) is 1. The number of halogens is 1. The van der Waals surface area contributed by atoms with Crippen LogP contribution in [-0.4, -0.2) is 44.2 Å². The van der Waals surface area contributed by atoms with Gasteiger partial charge in [0.25, 0.3) is 5.91 Å². The van der Waals surface area contributed by atoms with Crippen molar-refractivity contribution >= 4 is 24.0 Å². The summed E-state index contributed by atoms with van der Waals surface area (Å²) in [6, 6.07) is 13.1. The van der Waals surface area contributed by atoms with Crippen LogP contribution in [-0.2, 0) is 6.54 Å². The molecule has 1 fully saturated rings. The SMILES string of the molecule is COc1ccc(N2Cc3cccc(C#N)c3C2=O)cc1OCCN1CCC(C)CC1.Cl. The molecule has 0 spiro atoms. The van der Waals surface area contributed by atoms with Crippen molar-refractivity contribution in [3.05, 3.63) is 53.1 Å². The zero-order valence-electron chi connectivity index (χ0n) is 18.0. The Bertz CT molecular complexity index is 981. The first-order valence-electron chi connectivity index (χ1n) is 10.5. The van der Waals surface area contributed by atoms with Crippen molar-refractivity contribution in [1.29, 1.82) is 5.26 Å². The second-order valence-corrected chi connectivity index (χ2v) is 8.05. The van der Waals surface area contributed by atoms with Crippen LogP contribution in [0.2, 0.25) is 0 Å². The number of hydrogen-bond donors (Lipinski definition) is 0. The molecule has 1 amide bonds. The standard InChI is InChI=1S/C24H27N3O3.ClH/c1-17-8-10-26(11-9-17)12-13-30-22-14-20(6-7-21(22)29-2)27-16-19-5-3-4-18(15-25)23(19)24(27)28;/h3-7,14,17H,8-13,16H2,1-2H3;1H. The molecule has 2 heterocycles. The van der Waals surface area contributed by atoms with Crippen molar-refractivity contribution in [3.8, 4) is 17.6 Å². The third-order valence-electron chi connectivity index (χ3n) is 6.06. The fraction of sp³-hybridized carbons (Fsp3) is 0.417. The Kier molecular flexibility index (Phi) is 7.42. The molecular formula is C24H28ClN3O3. The molecule has 0 aliphatic carbocycles. The van der Waals surface area contributed by atoms with Crippen LogP contribution >= 0.6 is 12.4 Å². The van der Waals surface area contributed by atoms with Crippen molar-refractivity contribution < 1.29 is 14.3 Å². The number of carbonyl (C=O) groups is 1. The van der Waals surface area contributed by atoms with Gasteiger partial charge in [-0.15, -0.1) is 12.4 Å². The minimum absolute atomic E-state index is 0. The Balaban J connectivity index is 0.00000272. The first-order valence-corrected chi connectivity index (χ1v) is 10.5. The Morgan fingerprint density at radius 2 is 1.94 bits per heavy atom. The van der Waals surface area contributed by atoms with E-state index < -0.39 is 0 Å². The summed E-state index contributed by atoms with van der Waals surface area (Å²) in [7, 11) is 1.62. The summed E-state index contributed by atoms with van der Waals surface area (Å²) in [4.78, 5) is 17.1. The van der Waals surface area contributed by atoms with Gasteiger partial charge in [-0.3, -0.25) is 9.69 Å². The molecule has 31 heavy (non-hydrogen) atoms. The summed E-state index contributed by atoms with van der Waals surface area (Å²) in [5.41, 5.74) is 2.53. The maximum absolute atomic E-state index is 13.0. The first-order chi connectivity index (χ1) is 14.6. The third kappa shape index (κ3) is 4.79. The summed E-state index contributed by atoms with van der Waals surface area (Å²) in [5.74, 6) is 1.93. The van der Waals surface area contributed by atoms with Gasteiger partial charge in [-0.1, -0.05) is 19.1 Å². The van der Waals surface area contributed by atoms with Gasteiger partial charge < -0.3 is 14.4 Å². The van der Waals surface area contributed by atoms with Crippen LogP contribution in [0.5, 0.6) is 11.5 Å². The van der Waals surface area contributed by atoms with E-state index in [4.69, 9.17) is 9.47 Å². The van der Waals surface area contributed by atoms with E-state index in [-0.39, 0.29) is 18.3 Å². The smallest absolute Gasteiger partial charge is 0.260 e. The molecule has 2 aromatic carbocycles. The van der Waals surface area contributed by atoms with E-state index in [2.05, 4.69) is 17.9 Å². The number of nitriles is 1. The van der Waals surface area contributed by atoms with Gasteiger partial charge in [0.15, 0.2) is 11.5 Å². The number of rotatable bonds is 6. The van der Waals surface area contributed by atoms with E-state index >= 15 is 0 Å². The molecule has 0 atom stereocenters. The molecule has 2 aromatic rings. The molecule has 0 saturated carbocycles. The average Bonchev–Trinajstić information content (AvgIpc) is 3.12. The highest BCUT2D eigenvalue weighted by Gasteiger charge is 2.31. The van der Waals surface area contributed by atoms with Crippen LogP contribution in [0.1, 0.15) is 41.3 Å². The second-order valence-electron chi connectivity index (χ2n) is 8.05. The predicted molar refractivity (Wildman–Crippen MR) is 122 cm³/mol. The normalized spacial score (nSPS) is 16.4. The van der Waals surface area contributed by atoms with Gasteiger partial charge in [0.2, 0.25) is 0 Å². The van der Waals surface area contributed by atoms with E-state index in [1.165, 1.54) is 12.8 Å². The number of benzene rings is 2. The van der Waals surface area contributed by atoms with Gasteiger partial charge in [-0.05, 0) is 55.6 Å². The van der Waals surface area contributed by atoms with Crippen molar-refractivity contribution in [3.63, 3.8) is 0 Å². The molecule has 4 rings (SSSR count). The fourth-order valence-corrected chi connectivity index (χ4v) is 4.18. The maximum Gasteiger partial charge on any atom is 0.260 e. The molecule has 1 saturated heterocycles. The summed E-state index contributed by atoms with van der Waals surface area (Å²) in [5, 5.41) is 9.35. The number of anilines is 1. The lowest BCUT2D eigenvalue weighted by Gasteiger charge is -2.30. The largest absolute Gasteiger partial charge is 0.493 e. The minimum Gasteiger partial charge on any atom is -0.493 e. The summed E-state index contributed by atoms with van der Waals surface area (Å²) in [6.45, 7) is 6.43. The zero-order valence-corrected chi connectivity index (χ0v) is 18.8. The van der Waals surface area contributed by atoms with Gasteiger partial charge in [0, 0.05) is 18.3 Å². The van der Waals surface area contributed by atoms with Crippen LogP contribution in [0.4, 0.5) is 5.69 Å². The van der Waals surface area contributed by atoms with E-state index in [0.717, 1.165) is 36.8 Å². The Morgan fingerprint density at radius 3 is 2.65 bits per heavy atom. The van der Waals surface area contributed by atoms with E-state index in [9.17, 15) is 10.1 Å². The van der Waals surface area contributed by atoms with Crippen LogP contribution in [0, 0.1) is 17.2 Å². The monoisotopic (exact) mass is 441 g/mol. The van der Waals surface area contributed by atoms with Gasteiger partial charge in [0.05, 0.1) is 30.9 Å². The average molecular weight is 442 g/mol. The van der Waals surface area contributed by atoms with Crippen LogP contribution in [0.3, 0.4) is 0 Å². The van der Waals surface area contributed by atoms with Crippen LogP contribution in [0.25, 0.3) is 0 Å². The quantitative estimate of drug-likeness (QED) is 0.670. The highest BCUT2D eigenvalue weighted by molar-refractivity contribution is 6.11. The topological polar surface area (TPSA) is 65.8 Å². The number of methoxy groups -OCH3 is 1. The molecule has 2 aliphatic rings. The van der Waals surface area contributed by atoms with Gasteiger partial charge in [0.1, 0.15) is 6.61 Å². The van der Waals surface area contributed by atoms with E-state index in [0.29, 0.717) is 35.8 Å². The number of amides is 1. The zero-order chi connectivity index (χ0) is 21.1. The molecule has 0 unspecified atom stereocenters. The first kappa shape index (κ1) is 22.9. The Hall–Kier alpha value is -2.75. The third-order valence-corrected chi connectivity index (χ3v) is 6.06. The lowest BCUT2D eigenvalue weighted by molar-refractivity contribution is 0.0996. The molecule has 0 radical (unpaired) electrons. The highest BCUT2D eigenvalue weighted by Crippen LogP contribution is 2.36. The molecule has 2 aliphatic heterocycles. The predicted octanol–water partition coefficient (Wildman–Crippen LogP) is 4.26. The number of piperidine rings is 1. The lowest BCUT2D eigenvalue weighted by Crippen LogP contribution is -2.35. The Morgan fingerprint density at radius 1 is 1.16 bits per heavy atom. The highest BCUT2D eigenvalue weighted by atomic mass is 35.5. The Labute approximate surface area is 189 Å². The molecule has 164 valence electrons. The van der Waals surface area contributed by atoms with Crippen molar-refractivity contribution in [1.82, 2.24) is 4.90 Å².